The fraction of sp³-hybridized carbons (Fsp3) is 0.471. The molecule has 0 N–H and O–H groups in total. The van der Waals surface area contributed by atoms with E-state index >= 15 is 0 Å². The standard InChI is InChI=1S/C17H21NO3/c1-20-14-6-7-16-15(11-14)13(10-17(19)21-16)12-18-8-4-2-3-5-9-18/h6-7,10-11H,2-5,8-9,12H2,1H3. The quantitative estimate of drug-likeness (QED) is 0.813. The largest absolute Gasteiger partial charge is 0.497 e. The summed E-state index contributed by atoms with van der Waals surface area (Å²) in [5, 5.41) is 0.971. The fourth-order valence-corrected chi connectivity index (χ4v) is 3.00. The van der Waals surface area contributed by atoms with Gasteiger partial charge in [0.2, 0.25) is 0 Å². The molecule has 1 fully saturated rings. The summed E-state index contributed by atoms with van der Waals surface area (Å²) in [7, 11) is 1.65. The second-order valence-electron chi connectivity index (χ2n) is 5.64. The van der Waals surface area contributed by atoms with E-state index in [-0.39, 0.29) is 5.63 Å². The molecule has 1 aliphatic rings. The second-order valence-corrected chi connectivity index (χ2v) is 5.64. The molecule has 0 spiro atoms. The third kappa shape index (κ3) is 3.27. The van der Waals surface area contributed by atoms with Crippen LogP contribution in [-0.4, -0.2) is 25.1 Å². The fourth-order valence-electron chi connectivity index (χ4n) is 3.00. The molecule has 112 valence electrons. The van der Waals surface area contributed by atoms with Crippen LogP contribution in [0.4, 0.5) is 0 Å². The highest BCUT2D eigenvalue weighted by Gasteiger charge is 2.13. The van der Waals surface area contributed by atoms with Crippen molar-refractivity contribution in [1.29, 1.82) is 0 Å². The van der Waals surface area contributed by atoms with Crippen LogP contribution in [0.25, 0.3) is 11.0 Å². The van der Waals surface area contributed by atoms with Gasteiger partial charge in [0.05, 0.1) is 7.11 Å². The maximum absolute atomic E-state index is 11.8. The van der Waals surface area contributed by atoms with E-state index in [1.165, 1.54) is 25.7 Å². The number of hydrogen-bond acceptors (Lipinski definition) is 4. The molecule has 4 nitrogen and oxygen atoms in total. The van der Waals surface area contributed by atoms with Gasteiger partial charge in [-0.2, -0.15) is 0 Å². The van der Waals surface area contributed by atoms with Gasteiger partial charge in [0, 0.05) is 18.0 Å². The first-order valence-electron chi connectivity index (χ1n) is 7.59. The molecule has 2 heterocycles. The Hall–Kier alpha value is -1.81. The van der Waals surface area contributed by atoms with Gasteiger partial charge in [0.25, 0.3) is 0 Å². The number of methoxy groups -OCH3 is 1. The first-order valence-corrected chi connectivity index (χ1v) is 7.59. The lowest BCUT2D eigenvalue weighted by molar-refractivity contribution is 0.277. The second kappa shape index (κ2) is 6.31. The highest BCUT2D eigenvalue weighted by Crippen LogP contribution is 2.24. The van der Waals surface area contributed by atoms with Crippen LogP contribution in [0.2, 0.25) is 0 Å². The summed E-state index contributed by atoms with van der Waals surface area (Å²) >= 11 is 0. The van der Waals surface area contributed by atoms with E-state index in [1.54, 1.807) is 13.2 Å². The summed E-state index contributed by atoms with van der Waals surface area (Å²) < 4.78 is 10.6. The van der Waals surface area contributed by atoms with Crippen LogP contribution in [0.3, 0.4) is 0 Å². The predicted octanol–water partition coefficient (Wildman–Crippen LogP) is 3.18. The molecule has 0 aliphatic carbocycles. The van der Waals surface area contributed by atoms with Gasteiger partial charge in [-0.25, -0.2) is 4.79 Å². The van der Waals surface area contributed by atoms with Crippen molar-refractivity contribution in [1.82, 2.24) is 4.90 Å². The monoisotopic (exact) mass is 287 g/mol. The molecule has 1 aromatic carbocycles. The Kier molecular flexibility index (Phi) is 4.25. The maximum Gasteiger partial charge on any atom is 0.336 e. The van der Waals surface area contributed by atoms with Crippen LogP contribution in [0.1, 0.15) is 31.2 Å². The molecule has 0 unspecified atom stereocenters. The molecule has 0 radical (unpaired) electrons. The van der Waals surface area contributed by atoms with Crippen LogP contribution in [0.15, 0.2) is 33.5 Å². The summed E-state index contributed by atoms with van der Waals surface area (Å²) in [6, 6.07) is 7.20. The van der Waals surface area contributed by atoms with Gasteiger partial charge < -0.3 is 9.15 Å². The van der Waals surface area contributed by atoms with Gasteiger partial charge in [-0.05, 0) is 49.7 Å². The van der Waals surface area contributed by atoms with Gasteiger partial charge in [-0.3, -0.25) is 4.90 Å². The van der Waals surface area contributed by atoms with Gasteiger partial charge >= 0.3 is 5.63 Å². The van der Waals surface area contributed by atoms with Crippen LogP contribution in [0.5, 0.6) is 5.75 Å². The normalized spacial score (nSPS) is 16.8. The molecule has 0 saturated carbocycles. The third-order valence-corrected chi connectivity index (χ3v) is 4.13. The van der Waals surface area contributed by atoms with E-state index < -0.39 is 0 Å². The molecule has 4 heteroatoms. The number of fused-ring (bicyclic) bond motifs is 1. The molecule has 3 rings (SSSR count). The number of nitrogens with zero attached hydrogens (tertiary/aromatic N) is 1. The van der Waals surface area contributed by atoms with Crippen molar-refractivity contribution in [3.05, 3.63) is 40.2 Å². The average molecular weight is 287 g/mol. The van der Waals surface area contributed by atoms with Crippen molar-refractivity contribution in [2.75, 3.05) is 20.2 Å². The Bertz CT molecular complexity index is 669. The Labute approximate surface area is 124 Å². The third-order valence-electron chi connectivity index (χ3n) is 4.13. The summed E-state index contributed by atoms with van der Waals surface area (Å²) in [4.78, 5) is 14.2. The first kappa shape index (κ1) is 14.1. The molecule has 1 aliphatic heterocycles. The van der Waals surface area contributed by atoms with E-state index in [2.05, 4.69) is 4.90 Å². The summed E-state index contributed by atoms with van der Waals surface area (Å²) in [6.45, 7) is 3.01. The molecule has 21 heavy (non-hydrogen) atoms. The minimum atomic E-state index is -0.280. The zero-order valence-corrected chi connectivity index (χ0v) is 12.4. The molecule has 0 bridgehead atoms. The Balaban J connectivity index is 1.97. The first-order chi connectivity index (χ1) is 10.3. The van der Waals surface area contributed by atoms with E-state index in [0.717, 1.165) is 36.3 Å². The topological polar surface area (TPSA) is 42.7 Å². The highest BCUT2D eigenvalue weighted by atomic mass is 16.5. The van der Waals surface area contributed by atoms with Gasteiger partial charge in [-0.15, -0.1) is 0 Å². The van der Waals surface area contributed by atoms with E-state index in [1.807, 2.05) is 18.2 Å². The van der Waals surface area contributed by atoms with Gasteiger partial charge in [-0.1, -0.05) is 12.8 Å². The minimum absolute atomic E-state index is 0.280. The smallest absolute Gasteiger partial charge is 0.336 e. The van der Waals surface area contributed by atoms with Crippen LogP contribution < -0.4 is 10.4 Å². The molecular formula is C17H21NO3. The lowest BCUT2D eigenvalue weighted by Gasteiger charge is -2.20. The average Bonchev–Trinajstić information content (AvgIpc) is 2.75. The SMILES string of the molecule is COc1ccc2oc(=O)cc(CN3CCCCCC3)c2c1. The molecular weight excluding hydrogens is 266 g/mol. The number of likely N-dealkylation sites (tertiary alicyclic amines) is 1. The zero-order valence-electron chi connectivity index (χ0n) is 12.4. The van der Waals surface area contributed by atoms with Crippen molar-refractivity contribution in [2.45, 2.75) is 32.2 Å². The molecule has 0 atom stereocenters. The minimum Gasteiger partial charge on any atom is -0.497 e. The summed E-state index contributed by atoms with van der Waals surface area (Å²) in [5.74, 6) is 0.786. The van der Waals surface area contributed by atoms with Crippen molar-refractivity contribution in [2.24, 2.45) is 0 Å². The van der Waals surface area contributed by atoms with Crippen molar-refractivity contribution < 1.29 is 9.15 Å². The van der Waals surface area contributed by atoms with Crippen LogP contribution >= 0.6 is 0 Å². The lowest BCUT2D eigenvalue weighted by atomic mass is 10.1. The van der Waals surface area contributed by atoms with Crippen molar-refractivity contribution in [3.63, 3.8) is 0 Å². The Morgan fingerprint density at radius 1 is 1.14 bits per heavy atom. The molecule has 1 saturated heterocycles. The molecule has 1 aromatic heterocycles. The zero-order chi connectivity index (χ0) is 14.7. The number of ether oxygens (including phenoxy) is 1. The molecule has 0 amide bonds. The number of rotatable bonds is 3. The molecule has 2 aromatic rings. The van der Waals surface area contributed by atoms with E-state index in [0.29, 0.717) is 5.58 Å². The number of benzene rings is 1. The van der Waals surface area contributed by atoms with Crippen LogP contribution in [0, 0.1) is 0 Å². The number of hydrogen-bond donors (Lipinski definition) is 0. The van der Waals surface area contributed by atoms with Gasteiger partial charge in [0.1, 0.15) is 11.3 Å². The predicted molar refractivity (Wildman–Crippen MR) is 82.8 cm³/mol. The Morgan fingerprint density at radius 2 is 1.90 bits per heavy atom. The van der Waals surface area contributed by atoms with Crippen molar-refractivity contribution >= 4 is 11.0 Å². The Morgan fingerprint density at radius 3 is 2.62 bits per heavy atom. The summed E-state index contributed by atoms with van der Waals surface area (Å²) in [6.07, 6.45) is 5.09. The van der Waals surface area contributed by atoms with Crippen molar-refractivity contribution in [3.8, 4) is 5.75 Å². The highest BCUT2D eigenvalue weighted by molar-refractivity contribution is 5.81. The van der Waals surface area contributed by atoms with E-state index in [9.17, 15) is 4.79 Å². The lowest BCUT2D eigenvalue weighted by Crippen LogP contribution is -2.24. The summed E-state index contributed by atoms with van der Waals surface area (Å²) in [5.41, 5.74) is 1.38. The van der Waals surface area contributed by atoms with E-state index in [4.69, 9.17) is 9.15 Å². The maximum atomic E-state index is 11.8. The van der Waals surface area contributed by atoms with Crippen LogP contribution in [-0.2, 0) is 6.54 Å². The van der Waals surface area contributed by atoms with Gasteiger partial charge in [0.15, 0.2) is 0 Å².